The third kappa shape index (κ3) is 3.96. The lowest BCUT2D eigenvalue weighted by atomic mass is 9.67. The molecular weight excluding hydrogens is 360 g/mol. The molecule has 0 aromatic heterocycles. The van der Waals surface area contributed by atoms with Crippen LogP contribution in [0.1, 0.15) is 53.7 Å². The van der Waals surface area contributed by atoms with Crippen molar-refractivity contribution in [2.24, 2.45) is 11.7 Å². The van der Waals surface area contributed by atoms with E-state index < -0.39 is 5.60 Å². The van der Waals surface area contributed by atoms with Gasteiger partial charge in [-0.3, -0.25) is 4.79 Å². The van der Waals surface area contributed by atoms with Gasteiger partial charge in [0.15, 0.2) is 0 Å². The number of hydrogen-bond donors (Lipinski definition) is 2. The van der Waals surface area contributed by atoms with E-state index in [1.807, 2.05) is 12.1 Å². The number of fused-ring (bicyclic) bond motifs is 1. The van der Waals surface area contributed by atoms with Gasteiger partial charge in [-0.1, -0.05) is 50.2 Å². The summed E-state index contributed by atoms with van der Waals surface area (Å²) in [6, 6.07) is 16.2. The number of nitrogens with zero attached hydrogens (tertiary/aromatic N) is 1. The van der Waals surface area contributed by atoms with Crippen LogP contribution in [0, 0.1) is 5.92 Å². The van der Waals surface area contributed by atoms with Crippen LogP contribution in [0.4, 0.5) is 0 Å². The smallest absolute Gasteiger partial charge is 0.248 e. The highest BCUT2D eigenvalue weighted by atomic mass is 16.3. The summed E-state index contributed by atoms with van der Waals surface area (Å²) in [5.74, 6) is 0.0844. The van der Waals surface area contributed by atoms with Gasteiger partial charge in [-0.25, -0.2) is 0 Å². The van der Waals surface area contributed by atoms with Gasteiger partial charge in [-0.05, 0) is 59.5 Å². The van der Waals surface area contributed by atoms with E-state index in [0.29, 0.717) is 11.5 Å². The zero-order valence-electron chi connectivity index (χ0n) is 17.5. The van der Waals surface area contributed by atoms with E-state index in [0.717, 1.165) is 45.3 Å². The Morgan fingerprint density at radius 2 is 1.86 bits per heavy atom. The first-order chi connectivity index (χ1) is 13.8. The molecule has 0 spiro atoms. The van der Waals surface area contributed by atoms with E-state index in [1.165, 1.54) is 16.7 Å². The molecule has 2 aliphatic rings. The minimum atomic E-state index is -0.608. The first kappa shape index (κ1) is 20.1. The third-order valence-corrected chi connectivity index (χ3v) is 7.42. The van der Waals surface area contributed by atoms with Gasteiger partial charge >= 0.3 is 0 Å². The van der Waals surface area contributed by atoms with Crippen molar-refractivity contribution < 1.29 is 9.90 Å². The second-order valence-electron chi connectivity index (χ2n) is 9.41. The number of carbonyl (C=O) groups excluding carboxylic acids is 1. The first-order valence-corrected chi connectivity index (χ1v) is 10.7. The Morgan fingerprint density at radius 1 is 1.17 bits per heavy atom. The lowest BCUT2D eigenvalue weighted by molar-refractivity contribution is 0.0206. The highest BCUT2D eigenvalue weighted by Crippen LogP contribution is 2.40. The van der Waals surface area contributed by atoms with Crippen LogP contribution >= 0.6 is 0 Å². The maximum atomic E-state index is 11.6. The SMILES string of the molecule is C[C@H]1CN(CCC2(O)Cc3ccccc3C2)CC[C@]1(C)c1cccc(C(N)=O)c1. The van der Waals surface area contributed by atoms with Gasteiger partial charge in [0.25, 0.3) is 0 Å². The molecule has 1 saturated heterocycles. The second kappa shape index (κ2) is 7.58. The van der Waals surface area contributed by atoms with Crippen LogP contribution < -0.4 is 5.73 Å². The monoisotopic (exact) mass is 392 g/mol. The van der Waals surface area contributed by atoms with Crippen molar-refractivity contribution in [3.8, 4) is 0 Å². The van der Waals surface area contributed by atoms with Crippen LogP contribution in [0.5, 0.6) is 0 Å². The van der Waals surface area contributed by atoms with E-state index in [2.05, 4.69) is 49.1 Å². The number of primary amides is 1. The van der Waals surface area contributed by atoms with Crippen molar-refractivity contribution in [2.75, 3.05) is 19.6 Å². The minimum Gasteiger partial charge on any atom is -0.389 e. The predicted molar refractivity (Wildman–Crippen MR) is 116 cm³/mol. The van der Waals surface area contributed by atoms with Crippen LogP contribution in [0.15, 0.2) is 48.5 Å². The molecule has 0 bridgehead atoms. The van der Waals surface area contributed by atoms with Gasteiger partial charge in [-0.2, -0.15) is 0 Å². The molecule has 1 fully saturated rings. The summed E-state index contributed by atoms with van der Waals surface area (Å²) in [4.78, 5) is 14.1. The van der Waals surface area contributed by atoms with Gasteiger partial charge < -0.3 is 15.7 Å². The van der Waals surface area contributed by atoms with Crippen molar-refractivity contribution >= 4 is 5.91 Å². The van der Waals surface area contributed by atoms with E-state index >= 15 is 0 Å². The fourth-order valence-electron chi connectivity index (χ4n) is 5.19. The van der Waals surface area contributed by atoms with Crippen LogP contribution in [-0.2, 0) is 18.3 Å². The molecule has 2 atom stereocenters. The van der Waals surface area contributed by atoms with Crippen LogP contribution in [-0.4, -0.2) is 41.1 Å². The van der Waals surface area contributed by atoms with Gasteiger partial charge in [-0.15, -0.1) is 0 Å². The number of benzene rings is 2. The standard InChI is InChI=1S/C25H32N2O2/c1-18-17-27(13-11-25(29)15-20-6-3-4-7-21(20)16-25)12-10-24(18,2)22-9-5-8-19(14-22)23(26)28/h3-9,14,18,29H,10-13,15-17H2,1-2H3,(H2,26,28)/t18-,24-/m0/s1. The molecular formula is C25H32N2O2. The number of rotatable bonds is 5. The number of likely N-dealkylation sites (tertiary alicyclic amines) is 1. The summed E-state index contributed by atoms with van der Waals surface area (Å²) in [5.41, 5.74) is 9.28. The fourth-order valence-corrected chi connectivity index (χ4v) is 5.19. The van der Waals surface area contributed by atoms with Gasteiger partial charge in [0, 0.05) is 31.5 Å². The number of carbonyl (C=O) groups is 1. The van der Waals surface area contributed by atoms with E-state index in [-0.39, 0.29) is 11.3 Å². The van der Waals surface area contributed by atoms with Crippen LogP contribution in [0.2, 0.25) is 0 Å². The Kier molecular flexibility index (Phi) is 5.26. The lowest BCUT2D eigenvalue weighted by Crippen LogP contribution is -2.48. The molecule has 0 saturated carbocycles. The molecule has 4 heteroatoms. The summed E-state index contributed by atoms with van der Waals surface area (Å²) >= 11 is 0. The zero-order chi connectivity index (χ0) is 20.6. The fraction of sp³-hybridized carbons (Fsp3) is 0.480. The molecule has 0 radical (unpaired) electrons. The van der Waals surface area contributed by atoms with Crippen molar-refractivity contribution in [1.82, 2.24) is 4.90 Å². The van der Waals surface area contributed by atoms with Crippen molar-refractivity contribution in [2.45, 2.75) is 50.5 Å². The highest BCUT2D eigenvalue weighted by molar-refractivity contribution is 5.92. The maximum absolute atomic E-state index is 11.6. The molecule has 2 aromatic rings. The minimum absolute atomic E-state index is 0.0302. The van der Waals surface area contributed by atoms with Crippen molar-refractivity contribution in [1.29, 1.82) is 0 Å². The molecule has 1 aliphatic heterocycles. The first-order valence-electron chi connectivity index (χ1n) is 10.7. The predicted octanol–water partition coefficient (Wildman–Crippen LogP) is 3.31. The molecule has 1 heterocycles. The molecule has 4 nitrogen and oxygen atoms in total. The van der Waals surface area contributed by atoms with Crippen molar-refractivity contribution in [3.63, 3.8) is 0 Å². The second-order valence-corrected chi connectivity index (χ2v) is 9.41. The largest absolute Gasteiger partial charge is 0.389 e. The molecule has 2 aromatic carbocycles. The Balaban J connectivity index is 1.38. The molecule has 0 unspecified atom stereocenters. The Bertz CT molecular complexity index is 884. The number of aliphatic hydroxyl groups is 1. The average Bonchev–Trinajstić information content (AvgIpc) is 3.05. The molecule has 1 aliphatic carbocycles. The number of amides is 1. The van der Waals surface area contributed by atoms with Gasteiger partial charge in [0.1, 0.15) is 0 Å². The summed E-state index contributed by atoms with van der Waals surface area (Å²) in [6.45, 7) is 7.52. The van der Waals surface area contributed by atoms with Crippen molar-refractivity contribution in [3.05, 3.63) is 70.8 Å². The summed E-state index contributed by atoms with van der Waals surface area (Å²) < 4.78 is 0. The summed E-state index contributed by atoms with van der Waals surface area (Å²) in [5, 5.41) is 11.1. The number of hydrogen-bond acceptors (Lipinski definition) is 3. The molecule has 29 heavy (non-hydrogen) atoms. The topological polar surface area (TPSA) is 66.6 Å². The quantitative estimate of drug-likeness (QED) is 0.820. The molecule has 154 valence electrons. The highest BCUT2D eigenvalue weighted by Gasteiger charge is 2.40. The summed E-state index contributed by atoms with van der Waals surface area (Å²) in [6.07, 6.45) is 3.38. The van der Waals surface area contributed by atoms with Gasteiger partial charge in [0.05, 0.1) is 5.60 Å². The lowest BCUT2D eigenvalue weighted by Gasteiger charge is -2.45. The zero-order valence-corrected chi connectivity index (χ0v) is 17.5. The average molecular weight is 393 g/mol. The number of nitrogens with two attached hydrogens (primary N) is 1. The van der Waals surface area contributed by atoms with E-state index in [4.69, 9.17) is 5.73 Å². The van der Waals surface area contributed by atoms with Crippen LogP contribution in [0.25, 0.3) is 0 Å². The van der Waals surface area contributed by atoms with Gasteiger partial charge in [0.2, 0.25) is 5.91 Å². The molecule has 4 rings (SSSR count). The Morgan fingerprint density at radius 3 is 2.48 bits per heavy atom. The Hall–Kier alpha value is -2.17. The van der Waals surface area contributed by atoms with E-state index in [9.17, 15) is 9.90 Å². The molecule has 1 amide bonds. The Labute approximate surface area is 173 Å². The normalized spacial score (nSPS) is 26.2. The number of piperidine rings is 1. The maximum Gasteiger partial charge on any atom is 0.248 e. The third-order valence-electron chi connectivity index (χ3n) is 7.42. The molecule has 3 N–H and O–H groups in total. The summed E-state index contributed by atoms with van der Waals surface area (Å²) in [7, 11) is 0. The van der Waals surface area contributed by atoms with Crippen LogP contribution in [0.3, 0.4) is 0 Å². The van der Waals surface area contributed by atoms with E-state index in [1.54, 1.807) is 6.07 Å².